The topological polar surface area (TPSA) is 61.2 Å². The summed E-state index contributed by atoms with van der Waals surface area (Å²) in [6, 6.07) is 10.1. The number of para-hydroxylation sites is 1. The molecule has 0 radical (unpaired) electrons. The summed E-state index contributed by atoms with van der Waals surface area (Å²) in [6.45, 7) is 7.25. The Kier molecular flexibility index (Phi) is 13.7. The fourth-order valence-corrected chi connectivity index (χ4v) is 2.86. The lowest BCUT2D eigenvalue weighted by molar-refractivity contribution is -0.142. The third-order valence-electron chi connectivity index (χ3n) is 4.36. The molecular formula is C21H21B3F13N2O3-3. The number of hydrogen-bond acceptors (Lipinski definition) is 4. The maximum Gasteiger partial charge on any atom is 0.673 e. The molecule has 0 N–H and O–H groups in total. The van der Waals surface area contributed by atoms with Crippen LogP contribution in [0.5, 0.6) is 0 Å². The largest absolute Gasteiger partial charge is 0.673 e. The van der Waals surface area contributed by atoms with Gasteiger partial charge in [-0.15, -0.1) is 0 Å². The molecule has 0 aliphatic heterocycles. The van der Waals surface area contributed by atoms with Gasteiger partial charge < -0.3 is 56.5 Å². The van der Waals surface area contributed by atoms with E-state index in [1.165, 1.54) is 19.2 Å². The van der Waals surface area contributed by atoms with Gasteiger partial charge >= 0.3 is 27.7 Å². The van der Waals surface area contributed by atoms with E-state index in [4.69, 9.17) is 4.74 Å². The fraction of sp³-hybridized carbons (Fsp3) is 0.286. The minimum atomic E-state index is -6.00. The molecule has 236 valence electrons. The van der Waals surface area contributed by atoms with E-state index in [0.29, 0.717) is 16.6 Å². The van der Waals surface area contributed by atoms with Crippen LogP contribution in [0.25, 0.3) is 16.5 Å². The van der Waals surface area contributed by atoms with Crippen LogP contribution in [0, 0.1) is 5.82 Å². The van der Waals surface area contributed by atoms with Crippen LogP contribution in [0.2, 0.25) is 0 Å². The van der Waals surface area contributed by atoms with Crippen molar-refractivity contribution in [2.75, 3.05) is 0 Å². The SMILES string of the molecule is CC(=O)OCc1ccccc1-n1ncc2cc(C(C)(C)C)cc(F)c2c1=O.F[B-](F)(F)F.F[B-](F)(F)F.F[B-](F)(F)F. The molecule has 0 saturated heterocycles. The maximum absolute atomic E-state index is 14.8. The molecule has 0 spiro atoms. The summed E-state index contributed by atoms with van der Waals surface area (Å²) in [6.07, 6.45) is 1.48. The predicted octanol–water partition coefficient (Wildman–Crippen LogP) is 7.79. The first-order chi connectivity index (χ1) is 18.7. The first kappa shape index (κ1) is 38.3. The van der Waals surface area contributed by atoms with Gasteiger partial charge in [0.2, 0.25) is 0 Å². The van der Waals surface area contributed by atoms with Crippen molar-refractivity contribution >= 4 is 38.5 Å². The molecule has 0 atom stereocenters. The summed E-state index contributed by atoms with van der Waals surface area (Å²) >= 11 is 0. The zero-order valence-corrected chi connectivity index (χ0v) is 22.0. The summed E-state index contributed by atoms with van der Waals surface area (Å²) in [5, 5.41) is 4.67. The molecule has 0 fully saturated rings. The van der Waals surface area contributed by atoms with Crippen LogP contribution in [0.1, 0.15) is 38.8 Å². The van der Waals surface area contributed by atoms with E-state index in [2.05, 4.69) is 5.10 Å². The number of rotatable bonds is 3. The van der Waals surface area contributed by atoms with Gasteiger partial charge in [0.1, 0.15) is 12.4 Å². The average Bonchev–Trinajstić information content (AvgIpc) is 2.74. The summed E-state index contributed by atoms with van der Waals surface area (Å²) in [5.41, 5.74) is 1.04. The van der Waals surface area contributed by atoms with Gasteiger partial charge in [0.15, 0.2) is 0 Å². The zero-order valence-electron chi connectivity index (χ0n) is 22.0. The lowest BCUT2D eigenvalue weighted by atomic mass is 9.86. The van der Waals surface area contributed by atoms with Crippen molar-refractivity contribution in [3.8, 4) is 5.69 Å². The van der Waals surface area contributed by atoms with Crippen LogP contribution in [-0.2, 0) is 21.6 Å². The van der Waals surface area contributed by atoms with Crippen LogP contribution in [0.3, 0.4) is 0 Å². The standard InChI is InChI=1S/C21H21FN2O3.3BF4/c1-13(25)27-12-14-7-5-6-8-18(14)24-20(26)19-15(11-23-24)9-16(10-17(19)22)21(2,3)4;3*2-1(3,4)5/h5-11H,12H2,1-4H3;;;/q;3*-1. The Morgan fingerprint density at radius 2 is 1.31 bits per heavy atom. The van der Waals surface area contributed by atoms with Gasteiger partial charge in [-0.3, -0.25) is 9.59 Å². The summed E-state index contributed by atoms with van der Waals surface area (Å²) < 4.78 is 138. The van der Waals surface area contributed by atoms with Crippen molar-refractivity contribution in [1.29, 1.82) is 0 Å². The quantitative estimate of drug-likeness (QED) is 0.169. The number of benzene rings is 2. The molecule has 3 aromatic rings. The molecule has 1 aromatic heterocycles. The van der Waals surface area contributed by atoms with Crippen molar-refractivity contribution < 1.29 is 65.7 Å². The van der Waals surface area contributed by atoms with Crippen molar-refractivity contribution in [1.82, 2.24) is 9.78 Å². The van der Waals surface area contributed by atoms with E-state index in [1.54, 1.807) is 30.3 Å². The predicted molar refractivity (Wildman–Crippen MR) is 132 cm³/mol. The molecule has 0 saturated carbocycles. The van der Waals surface area contributed by atoms with E-state index >= 15 is 0 Å². The lowest BCUT2D eigenvalue weighted by Gasteiger charge is -2.20. The second-order valence-corrected chi connectivity index (χ2v) is 8.93. The number of ether oxygens (including phenoxy) is 1. The summed E-state index contributed by atoms with van der Waals surface area (Å²) in [5.74, 6) is -1.000. The minimum absolute atomic E-state index is 0.00308. The molecule has 5 nitrogen and oxygen atoms in total. The molecule has 0 amide bonds. The molecule has 42 heavy (non-hydrogen) atoms. The van der Waals surface area contributed by atoms with Gasteiger partial charge in [-0.1, -0.05) is 39.0 Å². The number of halogens is 13. The maximum atomic E-state index is 14.8. The number of fused-ring (bicyclic) bond motifs is 1. The van der Waals surface area contributed by atoms with Gasteiger partial charge in [0.05, 0.1) is 17.3 Å². The van der Waals surface area contributed by atoms with Crippen LogP contribution >= 0.6 is 0 Å². The molecule has 0 bridgehead atoms. The van der Waals surface area contributed by atoms with Crippen LogP contribution < -0.4 is 5.56 Å². The van der Waals surface area contributed by atoms with E-state index in [9.17, 15) is 65.8 Å². The van der Waals surface area contributed by atoms with Crippen LogP contribution in [-0.4, -0.2) is 37.5 Å². The number of hydrogen-bond donors (Lipinski definition) is 0. The van der Waals surface area contributed by atoms with Crippen molar-refractivity contribution in [2.45, 2.75) is 39.7 Å². The van der Waals surface area contributed by atoms with Gasteiger partial charge in [-0.25, -0.2) is 4.39 Å². The van der Waals surface area contributed by atoms with Gasteiger partial charge in [-0.05, 0) is 29.2 Å². The molecule has 0 unspecified atom stereocenters. The zero-order chi connectivity index (χ0) is 33.3. The third-order valence-corrected chi connectivity index (χ3v) is 4.36. The van der Waals surface area contributed by atoms with E-state index < -0.39 is 39.1 Å². The summed E-state index contributed by atoms with van der Waals surface area (Å²) in [4.78, 5) is 24.1. The Morgan fingerprint density at radius 1 is 0.857 bits per heavy atom. The van der Waals surface area contributed by atoms with Crippen LogP contribution in [0.4, 0.5) is 56.2 Å². The summed E-state index contributed by atoms with van der Waals surface area (Å²) in [7, 11) is -18.0. The molecule has 2 aromatic carbocycles. The first-order valence-corrected chi connectivity index (χ1v) is 11.2. The third kappa shape index (κ3) is 17.2. The van der Waals surface area contributed by atoms with Gasteiger partial charge in [0.25, 0.3) is 5.56 Å². The Labute approximate surface area is 230 Å². The highest BCUT2D eigenvalue weighted by molar-refractivity contribution is 6.50. The Morgan fingerprint density at radius 3 is 1.74 bits per heavy atom. The number of esters is 1. The minimum Gasteiger partial charge on any atom is -0.461 e. The second-order valence-electron chi connectivity index (χ2n) is 8.93. The monoisotopic (exact) mass is 629 g/mol. The fourth-order valence-electron chi connectivity index (χ4n) is 2.86. The highest BCUT2D eigenvalue weighted by Crippen LogP contribution is 2.27. The van der Waals surface area contributed by atoms with E-state index in [1.807, 2.05) is 20.8 Å². The molecule has 0 aliphatic rings. The van der Waals surface area contributed by atoms with Crippen molar-refractivity contribution in [3.05, 3.63) is 69.9 Å². The van der Waals surface area contributed by atoms with Gasteiger partial charge in [0, 0.05) is 17.9 Å². The normalized spacial score (nSPS) is 11.7. The smallest absolute Gasteiger partial charge is 0.461 e. The molecular weight excluding hydrogens is 608 g/mol. The molecule has 21 heteroatoms. The number of nitrogens with zero attached hydrogens (tertiary/aromatic N) is 2. The lowest BCUT2D eigenvalue weighted by Crippen LogP contribution is -2.24. The van der Waals surface area contributed by atoms with Crippen molar-refractivity contribution in [3.63, 3.8) is 0 Å². The van der Waals surface area contributed by atoms with Gasteiger partial charge in [-0.2, -0.15) is 9.78 Å². The Balaban J connectivity index is 0.000000926. The van der Waals surface area contributed by atoms with Crippen LogP contribution in [0.15, 0.2) is 47.4 Å². The highest BCUT2D eigenvalue weighted by atomic mass is 19.5. The Bertz CT molecular complexity index is 1340. The highest BCUT2D eigenvalue weighted by Gasteiger charge is 2.22. The van der Waals surface area contributed by atoms with E-state index in [-0.39, 0.29) is 17.4 Å². The molecule has 0 aliphatic carbocycles. The average molecular weight is 629 g/mol. The number of aromatic nitrogens is 2. The van der Waals surface area contributed by atoms with Crippen molar-refractivity contribution in [2.24, 2.45) is 0 Å². The number of carbonyl (C=O) groups is 1. The van der Waals surface area contributed by atoms with E-state index in [0.717, 1.165) is 10.2 Å². The Hall–Kier alpha value is -3.67. The second kappa shape index (κ2) is 15.0. The molecule has 1 heterocycles. The first-order valence-electron chi connectivity index (χ1n) is 11.2. The molecule has 3 rings (SSSR count). The number of carbonyl (C=O) groups excluding carboxylic acids is 1.